The van der Waals surface area contributed by atoms with Crippen LogP contribution in [0.5, 0.6) is 0 Å². The van der Waals surface area contributed by atoms with Crippen molar-refractivity contribution in [3.63, 3.8) is 0 Å². The quantitative estimate of drug-likeness (QED) is 0.581. The molecule has 2 aliphatic heterocycles. The van der Waals surface area contributed by atoms with Crippen LogP contribution in [0.3, 0.4) is 0 Å². The van der Waals surface area contributed by atoms with E-state index in [9.17, 15) is 28.0 Å². The van der Waals surface area contributed by atoms with E-state index in [4.69, 9.17) is 0 Å². The molecule has 2 aromatic rings. The molecule has 1 unspecified atom stereocenters. The van der Waals surface area contributed by atoms with E-state index in [2.05, 4.69) is 10.6 Å². The monoisotopic (exact) mass is 425 g/mol. The average Bonchev–Trinajstić information content (AvgIpc) is 3.03. The van der Waals surface area contributed by atoms with E-state index >= 15 is 0 Å². The van der Waals surface area contributed by atoms with Crippen LogP contribution in [-0.2, 0) is 20.9 Å². The summed E-state index contributed by atoms with van der Waals surface area (Å²) in [7, 11) is 0. The van der Waals surface area contributed by atoms with Gasteiger partial charge in [-0.15, -0.1) is 0 Å². The van der Waals surface area contributed by atoms with Crippen molar-refractivity contribution in [1.29, 1.82) is 0 Å². The van der Waals surface area contributed by atoms with Crippen molar-refractivity contribution in [2.45, 2.75) is 25.4 Å². The van der Waals surface area contributed by atoms with E-state index in [-0.39, 0.29) is 42.5 Å². The molecule has 0 radical (unpaired) electrons. The lowest BCUT2D eigenvalue weighted by atomic mass is 10.0. The number of hydrogen-bond donors (Lipinski definition) is 2. The predicted octanol–water partition coefficient (Wildman–Crippen LogP) is 2.54. The van der Waals surface area contributed by atoms with Crippen LogP contribution >= 0.6 is 0 Å². The minimum Gasteiger partial charge on any atom is -0.322 e. The molecule has 0 aliphatic carbocycles. The lowest BCUT2D eigenvalue weighted by Crippen LogP contribution is -2.52. The average molecular weight is 425 g/mol. The summed E-state index contributed by atoms with van der Waals surface area (Å²) in [6.07, 6.45) is 1.30. The molecule has 1 atom stereocenters. The molecule has 1 fully saturated rings. The molecule has 0 bridgehead atoms. The van der Waals surface area contributed by atoms with Crippen LogP contribution in [-0.4, -0.2) is 34.6 Å². The zero-order chi connectivity index (χ0) is 22.1. The number of fused-ring (bicyclic) bond motifs is 1. The summed E-state index contributed by atoms with van der Waals surface area (Å²) in [5.74, 6) is -3.91. The number of piperidine rings is 1. The molecule has 31 heavy (non-hydrogen) atoms. The van der Waals surface area contributed by atoms with Crippen molar-refractivity contribution in [3.05, 3.63) is 70.8 Å². The largest absolute Gasteiger partial charge is 0.322 e. The van der Waals surface area contributed by atoms with Gasteiger partial charge in [0.1, 0.15) is 11.9 Å². The van der Waals surface area contributed by atoms with Crippen LogP contribution in [0.15, 0.2) is 48.3 Å². The van der Waals surface area contributed by atoms with E-state index < -0.39 is 29.5 Å². The van der Waals surface area contributed by atoms with Gasteiger partial charge in [-0.3, -0.25) is 24.5 Å². The molecule has 2 heterocycles. The van der Waals surface area contributed by atoms with Crippen LogP contribution in [0, 0.1) is 5.82 Å². The number of benzene rings is 2. The van der Waals surface area contributed by atoms with E-state index in [0.717, 1.165) is 12.1 Å². The summed E-state index contributed by atoms with van der Waals surface area (Å²) >= 11 is 0. The lowest BCUT2D eigenvalue weighted by Gasteiger charge is -2.29. The number of hydrogen-bond acceptors (Lipinski definition) is 4. The third-order valence-corrected chi connectivity index (χ3v) is 5.14. The van der Waals surface area contributed by atoms with Gasteiger partial charge in [0, 0.05) is 24.2 Å². The molecule has 0 spiro atoms. The van der Waals surface area contributed by atoms with Crippen molar-refractivity contribution < 1.29 is 28.0 Å². The number of nitrogens with one attached hydrogen (secondary N) is 2. The minimum absolute atomic E-state index is 0.131. The summed E-state index contributed by atoms with van der Waals surface area (Å²) in [6, 6.07) is 8.90. The van der Waals surface area contributed by atoms with Crippen LogP contribution in [0.1, 0.15) is 34.3 Å². The van der Waals surface area contributed by atoms with Crippen molar-refractivity contribution in [3.8, 4) is 0 Å². The Balaban J connectivity index is 1.47. The van der Waals surface area contributed by atoms with Gasteiger partial charge in [0.2, 0.25) is 11.8 Å². The normalized spacial score (nSPS) is 18.6. The first-order valence-corrected chi connectivity index (χ1v) is 9.53. The van der Waals surface area contributed by atoms with Crippen molar-refractivity contribution >= 4 is 35.4 Å². The number of rotatable bonds is 4. The second-order valence-electron chi connectivity index (χ2n) is 7.27. The van der Waals surface area contributed by atoms with E-state index in [1.54, 1.807) is 0 Å². The topological polar surface area (TPSA) is 95.6 Å². The Morgan fingerprint density at radius 3 is 2.71 bits per heavy atom. The summed E-state index contributed by atoms with van der Waals surface area (Å²) in [5.41, 5.74) is 1.41. The van der Waals surface area contributed by atoms with Gasteiger partial charge in [-0.2, -0.15) is 0 Å². The SMILES string of the molecule is O=C1CCC(N2Cc3cc(NC(=O)/C(F)=C/c4cccc(F)c4)ccc3C2=O)C(=O)N1. The second-order valence-corrected chi connectivity index (χ2v) is 7.27. The number of amides is 4. The highest BCUT2D eigenvalue weighted by molar-refractivity contribution is 6.07. The molecular weight excluding hydrogens is 408 g/mol. The maximum Gasteiger partial charge on any atom is 0.284 e. The number of nitrogens with zero attached hydrogens (tertiary/aromatic N) is 1. The molecule has 1 saturated heterocycles. The zero-order valence-corrected chi connectivity index (χ0v) is 16.2. The summed E-state index contributed by atoms with van der Waals surface area (Å²) < 4.78 is 27.4. The van der Waals surface area contributed by atoms with Gasteiger partial charge < -0.3 is 10.2 Å². The molecule has 2 N–H and O–H groups in total. The highest BCUT2D eigenvalue weighted by Gasteiger charge is 2.39. The van der Waals surface area contributed by atoms with Crippen molar-refractivity contribution in [1.82, 2.24) is 10.2 Å². The molecule has 2 aliphatic rings. The molecular formula is C22H17F2N3O4. The van der Waals surface area contributed by atoms with Gasteiger partial charge in [0.15, 0.2) is 5.83 Å². The standard InChI is InChI=1S/C22H17F2N3O4/c23-14-3-1-2-12(8-14)9-17(24)20(29)25-15-4-5-16-13(10-15)11-27(22(16)31)18-6-7-19(28)26-21(18)30/h1-5,8-10,18H,6-7,11H2,(H,25,29)(H,26,28,30)/b17-9-. The molecule has 4 rings (SSSR count). The molecule has 4 amide bonds. The maximum absolute atomic E-state index is 14.2. The maximum atomic E-state index is 14.2. The smallest absolute Gasteiger partial charge is 0.284 e. The third-order valence-electron chi connectivity index (χ3n) is 5.14. The lowest BCUT2D eigenvalue weighted by molar-refractivity contribution is -0.136. The fraction of sp³-hybridized carbons (Fsp3) is 0.182. The van der Waals surface area contributed by atoms with E-state index in [1.807, 2.05) is 0 Å². The first-order chi connectivity index (χ1) is 14.8. The van der Waals surface area contributed by atoms with E-state index in [0.29, 0.717) is 11.1 Å². The summed E-state index contributed by atoms with van der Waals surface area (Å²) in [6.45, 7) is 0.131. The molecule has 9 heteroatoms. The van der Waals surface area contributed by atoms with Gasteiger partial charge in [-0.1, -0.05) is 12.1 Å². The Kier molecular flexibility index (Phi) is 5.33. The highest BCUT2D eigenvalue weighted by atomic mass is 19.1. The molecule has 0 saturated carbocycles. The molecule has 7 nitrogen and oxygen atoms in total. The number of imide groups is 1. The van der Waals surface area contributed by atoms with Crippen LogP contribution in [0.4, 0.5) is 14.5 Å². The number of halogens is 2. The molecule has 158 valence electrons. The summed E-state index contributed by atoms with van der Waals surface area (Å²) in [5, 5.41) is 4.63. The molecule has 0 aromatic heterocycles. The number of carbonyl (C=O) groups is 4. The van der Waals surface area contributed by atoms with Crippen LogP contribution in [0.25, 0.3) is 6.08 Å². The number of carbonyl (C=O) groups excluding carboxylic acids is 4. The van der Waals surface area contributed by atoms with Gasteiger partial charge in [-0.05, 0) is 54.0 Å². The first kappa shape index (κ1) is 20.4. The van der Waals surface area contributed by atoms with E-state index in [1.165, 1.54) is 41.3 Å². The fourth-order valence-corrected chi connectivity index (χ4v) is 3.65. The highest BCUT2D eigenvalue weighted by Crippen LogP contribution is 2.29. The van der Waals surface area contributed by atoms with Crippen LogP contribution in [0.2, 0.25) is 0 Å². The Hall–Kier alpha value is -3.88. The fourth-order valence-electron chi connectivity index (χ4n) is 3.65. The zero-order valence-electron chi connectivity index (χ0n) is 16.2. The van der Waals surface area contributed by atoms with Gasteiger partial charge in [0.05, 0.1) is 0 Å². The number of anilines is 1. The van der Waals surface area contributed by atoms with Gasteiger partial charge in [-0.25, -0.2) is 8.78 Å². The second kappa shape index (κ2) is 8.10. The Morgan fingerprint density at radius 1 is 1.16 bits per heavy atom. The minimum atomic E-state index is -1.10. The van der Waals surface area contributed by atoms with Gasteiger partial charge >= 0.3 is 0 Å². The first-order valence-electron chi connectivity index (χ1n) is 9.53. The Labute approximate surface area is 175 Å². The van der Waals surface area contributed by atoms with Crippen molar-refractivity contribution in [2.75, 3.05) is 5.32 Å². The molecule has 2 aromatic carbocycles. The summed E-state index contributed by atoms with van der Waals surface area (Å²) in [4.78, 5) is 49.6. The van der Waals surface area contributed by atoms with Gasteiger partial charge in [0.25, 0.3) is 11.8 Å². The van der Waals surface area contributed by atoms with Crippen LogP contribution < -0.4 is 10.6 Å². The Morgan fingerprint density at radius 2 is 1.97 bits per heavy atom. The Bertz CT molecular complexity index is 1150. The predicted molar refractivity (Wildman–Crippen MR) is 107 cm³/mol. The van der Waals surface area contributed by atoms with Crippen molar-refractivity contribution in [2.24, 2.45) is 0 Å². The third kappa shape index (κ3) is 4.20.